The second-order valence-electron chi connectivity index (χ2n) is 5.85. The molecule has 18 heavy (non-hydrogen) atoms. The lowest BCUT2D eigenvalue weighted by Crippen LogP contribution is -2.27. The summed E-state index contributed by atoms with van der Waals surface area (Å²) in [7, 11) is 0. The number of rotatable bonds is 3. The topological polar surface area (TPSA) is 17.8 Å². The van der Waals surface area contributed by atoms with E-state index in [1.54, 1.807) is 0 Å². The fourth-order valence-corrected chi connectivity index (χ4v) is 2.73. The number of aromatic nitrogens is 2. The van der Waals surface area contributed by atoms with Gasteiger partial charge in [-0.3, -0.25) is 0 Å². The van der Waals surface area contributed by atoms with Gasteiger partial charge in [-0.15, -0.1) is 0 Å². The van der Waals surface area contributed by atoms with Crippen molar-refractivity contribution in [2.24, 2.45) is 5.92 Å². The van der Waals surface area contributed by atoms with Crippen molar-refractivity contribution in [3.63, 3.8) is 0 Å². The Morgan fingerprint density at radius 1 is 1.39 bits per heavy atom. The number of hydrogen-bond acceptors (Lipinski definition) is 1. The van der Waals surface area contributed by atoms with Crippen molar-refractivity contribution >= 4 is 0 Å². The van der Waals surface area contributed by atoms with E-state index >= 15 is 0 Å². The van der Waals surface area contributed by atoms with E-state index in [4.69, 9.17) is 0 Å². The normalized spacial score (nSPS) is 20.6. The Kier molecular flexibility index (Phi) is 3.74. The molecule has 0 radical (unpaired) electrons. The Labute approximate surface area is 107 Å². The second kappa shape index (κ2) is 4.98. The van der Waals surface area contributed by atoms with Gasteiger partial charge in [0, 0.05) is 31.5 Å². The molecule has 2 rings (SSSR count). The van der Waals surface area contributed by atoms with Crippen LogP contribution in [0.4, 0.5) is 8.78 Å². The average Bonchev–Trinajstić information content (AvgIpc) is 2.63. The van der Waals surface area contributed by atoms with Crippen LogP contribution in [0, 0.1) is 12.8 Å². The fraction of sp³-hybridized carbons (Fsp3) is 0.786. The molecule has 1 aromatic rings. The van der Waals surface area contributed by atoms with E-state index in [0.717, 1.165) is 18.1 Å². The first kappa shape index (κ1) is 13.5. The lowest BCUT2D eigenvalue weighted by Gasteiger charge is -2.29. The monoisotopic (exact) mass is 256 g/mol. The van der Waals surface area contributed by atoms with Crippen LogP contribution in [0.15, 0.2) is 6.20 Å². The molecule has 0 bridgehead atoms. The van der Waals surface area contributed by atoms with Crippen molar-refractivity contribution < 1.29 is 8.78 Å². The summed E-state index contributed by atoms with van der Waals surface area (Å²) in [5.74, 6) is -0.605. The van der Waals surface area contributed by atoms with E-state index in [9.17, 15) is 8.78 Å². The van der Waals surface area contributed by atoms with Gasteiger partial charge in [0.1, 0.15) is 5.82 Å². The largest absolute Gasteiger partial charge is 0.334 e. The summed E-state index contributed by atoms with van der Waals surface area (Å²) in [6.45, 7) is 7.06. The highest BCUT2D eigenvalue weighted by Gasteiger charge is 2.35. The third-order valence-electron chi connectivity index (χ3n) is 3.74. The molecular formula is C14H22F2N2. The summed E-state index contributed by atoms with van der Waals surface area (Å²) in [5, 5.41) is 0. The van der Waals surface area contributed by atoms with Gasteiger partial charge >= 0.3 is 0 Å². The molecule has 0 unspecified atom stereocenters. The maximum Gasteiger partial charge on any atom is 0.248 e. The lowest BCUT2D eigenvalue weighted by molar-refractivity contribution is -0.0474. The standard InChI is InChI=1S/C14H22F2N2/c1-10(2)13-17-11(3)8-18(13)9-12-4-6-14(15,16)7-5-12/h8,10,12H,4-7,9H2,1-3H3. The molecule has 1 aliphatic rings. The van der Waals surface area contributed by atoms with Crippen LogP contribution < -0.4 is 0 Å². The second-order valence-corrected chi connectivity index (χ2v) is 5.85. The van der Waals surface area contributed by atoms with E-state index in [-0.39, 0.29) is 12.8 Å². The van der Waals surface area contributed by atoms with E-state index in [2.05, 4.69) is 23.4 Å². The van der Waals surface area contributed by atoms with Gasteiger partial charge in [0.25, 0.3) is 0 Å². The number of halogens is 2. The van der Waals surface area contributed by atoms with Gasteiger partial charge in [-0.1, -0.05) is 13.8 Å². The molecular weight excluding hydrogens is 234 g/mol. The maximum atomic E-state index is 13.1. The van der Waals surface area contributed by atoms with E-state index in [1.807, 2.05) is 13.1 Å². The molecule has 102 valence electrons. The van der Waals surface area contributed by atoms with Crippen LogP contribution in [0.1, 0.15) is 57.0 Å². The molecule has 0 spiro atoms. The molecule has 1 aliphatic carbocycles. The SMILES string of the molecule is Cc1cn(CC2CCC(F)(F)CC2)c(C(C)C)n1. The van der Waals surface area contributed by atoms with Gasteiger partial charge in [-0.25, -0.2) is 13.8 Å². The van der Waals surface area contributed by atoms with Crippen LogP contribution in [-0.4, -0.2) is 15.5 Å². The molecule has 1 saturated carbocycles. The molecule has 4 heteroatoms. The number of aryl methyl sites for hydroxylation is 1. The number of nitrogens with zero attached hydrogens (tertiary/aromatic N) is 2. The first-order valence-corrected chi connectivity index (χ1v) is 6.79. The Hall–Kier alpha value is -0.930. The summed E-state index contributed by atoms with van der Waals surface area (Å²) in [5.41, 5.74) is 1.01. The zero-order valence-corrected chi connectivity index (χ0v) is 11.4. The Morgan fingerprint density at radius 2 is 2.00 bits per heavy atom. The van der Waals surface area contributed by atoms with Crippen molar-refractivity contribution in [1.82, 2.24) is 9.55 Å². The lowest BCUT2D eigenvalue weighted by atomic mass is 9.86. The number of imidazole rings is 1. The molecule has 1 fully saturated rings. The van der Waals surface area contributed by atoms with Crippen molar-refractivity contribution in [3.8, 4) is 0 Å². The van der Waals surface area contributed by atoms with Crippen LogP contribution >= 0.6 is 0 Å². The van der Waals surface area contributed by atoms with E-state index in [0.29, 0.717) is 24.7 Å². The molecule has 1 aromatic heterocycles. The minimum absolute atomic E-state index is 0.0440. The Bertz CT molecular complexity index is 400. The molecule has 0 aliphatic heterocycles. The molecule has 0 N–H and O–H groups in total. The first-order valence-electron chi connectivity index (χ1n) is 6.79. The van der Waals surface area contributed by atoms with Gasteiger partial charge in [0.05, 0.1) is 5.69 Å². The smallest absolute Gasteiger partial charge is 0.248 e. The molecule has 0 atom stereocenters. The average molecular weight is 256 g/mol. The van der Waals surface area contributed by atoms with Crippen molar-refractivity contribution in [2.45, 2.75) is 64.8 Å². The maximum absolute atomic E-state index is 13.1. The molecule has 0 aromatic carbocycles. The summed E-state index contributed by atoms with van der Waals surface area (Å²) < 4.78 is 28.4. The van der Waals surface area contributed by atoms with Crippen molar-refractivity contribution in [1.29, 1.82) is 0 Å². The highest BCUT2D eigenvalue weighted by Crippen LogP contribution is 2.37. The summed E-state index contributed by atoms with van der Waals surface area (Å²) >= 11 is 0. The van der Waals surface area contributed by atoms with Crippen molar-refractivity contribution in [2.75, 3.05) is 0 Å². The quantitative estimate of drug-likeness (QED) is 0.794. The highest BCUT2D eigenvalue weighted by molar-refractivity contribution is 5.05. The van der Waals surface area contributed by atoms with Crippen molar-refractivity contribution in [3.05, 3.63) is 17.7 Å². The predicted octanol–water partition coefficient (Wildman–Crippen LogP) is 4.14. The first-order chi connectivity index (χ1) is 8.37. The molecule has 2 nitrogen and oxygen atoms in total. The predicted molar refractivity (Wildman–Crippen MR) is 68.0 cm³/mol. The van der Waals surface area contributed by atoms with Crippen LogP contribution in [-0.2, 0) is 6.54 Å². The third-order valence-corrected chi connectivity index (χ3v) is 3.74. The van der Waals surface area contributed by atoms with Crippen LogP contribution in [0.25, 0.3) is 0 Å². The molecule has 0 amide bonds. The highest BCUT2D eigenvalue weighted by atomic mass is 19.3. The van der Waals surface area contributed by atoms with Gasteiger partial charge in [-0.05, 0) is 25.7 Å². The van der Waals surface area contributed by atoms with Crippen LogP contribution in [0.5, 0.6) is 0 Å². The fourth-order valence-electron chi connectivity index (χ4n) is 2.73. The molecule has 0 saturated heterocycles. The van der Waals surface area contributed by atoms with E-state index in [1.165, 1.54) is 0 Å². The van der Waals surface area contributed by atoms with Gasteiger partial charge in [0.2, 0.25) is 5.92 Å². The van der Waals surface area contributed by atoms with Crippen LogP contribution in [0.3, 0.4) is 0 Å². The minimum atomic E-state index is -2.43. The zero-order chi connectivity index (χ0) is 13.3. The molecule has 1 heterocycles. The van der Waals surface area contributed by atoms with Gasteiger partial charge in [-0.2, -0.15) is 0 Å². The van der Waals surface area contributed by atoms with E-state index < -0.39 is 5.92 Å². The summed E-state index contributed by atoms with van der Waals surface area (Å²) in [6.07, 6.45) is 3.39. The Balaban J connectivity index is 2.02. The minimum Gasteiger partial charge on any atom is -0.334 e. The number of hydrogen-bond donors (Lipinski definition) is 0. The summed E-state index contributed by atoms with van der Waals surface area (Å²) in [4.78, 5) is 4.52. The third kappa shape index (κ3) is 3.09. The van der Waals surface area contributed by atoms with Crippen LogP contribution in [0.2, 0.25) is 0 Å². The van der Waals surface area contributed by atoms with Gasteiger partial charge < -0.3 is 4.57 Å². The zero-order valence-electron chi connectivity index (χ0n) is 11.4. The Morgan fingerprint density at radius 3 is 2.56 bits per heavy atom. The number of alkyl halides is 2. The summed E-state index contributed by atoms with van der Waals surface area (Å²) in [6, 6.07) is 0. The van der Waals surface area contributed by atoms with Gasteiger partial charge in [0.15, 0.2) is 0 Å².